The van der Waals surface area contributed by atoms with Gasteiger partial charge < -0.3 is 5.32 Å². The van der Waals surface area contributed by atoms with Gasteiger partial charge in [0.1, 0.15) is 0 Å². The fraction of sp³-hybridized carbons (Fsp3) is 0.286. The molecule has 110 valence electrons. The zero-order valence-electron chi connectivity index (χ0n) is 11.0. The first-order chi connectivity index (χ1) is 9.96. The Bertz CT molecular complexity index is 801. The molecule has 2 unspecified atom stereocenters. The molecule has 1 aromatic heterocycles. The number of nitrogens with one attached hydrogen (secondary N) is 1. The number of halogens is 1. The van der Waals surface area contributed by atoms with Gasteiger partial charge >= 0.3 is 0 Å². The van der Waals surface area contributed by atoms with Crippen LogP contribution in [0.25, 0.3) is 10.9 Å². The summed E-state index contributed by atoms with van der Waals surface area (Å²) in [4.78, 5) is 16.6. The first kappa shape index (κ1) is 14.3. The predicted octanol–water partition coefficient (Wildman–Crippen LogP) is 1.37. The second-order valence-electron chi connectivity index (χ2n) is 5.05. The molecule has 2 heterocycles. The number of carbonyl (C=O) groups is 1. The number of pyridine rings is 1. The Balaban J connectivity index is 1.88. The molecule has 5 nitrogen and oxygen atoms in total. The molecule has 1 saturated heterocycles. The van der Waals surface area contributed by atoms with Crippen molar-refractivity contribution in [2.45, 2.75) is 11.4 Å². The van der Waals surface area contributed by atoms with E-state index in [2.05, 4.69) is 10.3 Å². The highest BCUT2D eigenvalue weighted by atomic mass is 35.5. The molecule has 0 radical (unpaired) electrons. The van der Waals surface area contributed by atoms with E-state index in [1.807, 2.05) is 12.1 Å². The van der Waals surface area contributed by atoms with Crippen LogP contribution in [-0.4, -0.2) is 42.2 Å². The number of rotatable bonds is 2. The molecule has 1 aromatic carbocycles. The van der Waals surface area contributed by atoms with Crippen LogP contribution in [0.3, 0.4) is 0 Å². The van der Waals surface area contributed by atoms with Gasteiger partial charge in [0.15, 0.2) is 9.84 Å². The van der Waals surface area contributed by atoms with Crippen LogP contribution < -0.4 is 5.32 Å². The molecular weight excluding hydrogens is 312 g/mol. The van der Waals surface area contributed by atoms with Crippen molar-refractivity contribution < 1.29 is 13.2 Å². The van der Waals surface area contributed by atoms with E-state index in [1.165, 1.54) is 0 Å². The molecule has 0 aliphatic carbocycles. The zero-order chi connectivity index (χ0) is 15.0. The molecule has 21 heavy (non-hydrogen) atoms. The van der Waals surface area contributed by atoms with Gasteiger partial charge in [-0.3, -0.25) is 9.78 Å². The number of amides is 1. The molecule has 1 amide bonds. The summed E-state index contributed by atoms with van der Waals surface area (Å²) in [5, 5.41) is 2.96. The van der Waals surface area contributed by atoms with Crippen molar-refractivity contribution in [3.8, 4) is 0 Å². The van der Waals surface area contributed by atoms with Crippen LogP contribution in [0.5, 0.6) is 0 Å². The molecule has 1 aliphatic rings. The highest BCUT2D eigenvalue weighted by Gasteiger charge is 2.37. The van der Waals surface area contributed by atoms with E-state index in [1.54, 1.807) is 24.4 Å². The first-order valence-electron chi connectivity index (χ1n) is 6.45. The number of nitrogens with zero attached hydrogens (tertiary/aromatic N) is 1. The van der Waals surface area contributed by atoms with Gasteiger partial charge in [-0.1, -0.05) is 18.2 Å². The smallest absolute Gasteiger partial charge is 0.253 e. The van der Waals surface area contributed by atoms with Crippen LogP contribution in [0.15, 0.2) is 36.5 Å². The van der Waals surface area contributed by atoms with Crippen LogP contribution in [0.2, 0.25) is 0 Å². The van der Waals surface area contributed by atoms with Gasteiger partial charge in [0.05, 0.1) is 34.0 Å². The summed E-state index contributed by atoms with van der Waals surface area (Å²) in [5.74, 6) is -0.578. The highest BCUT2D eigenvalue weighted by molar-refractivity contribution is 7.91. The summed E-state index contributed by atoms with van der Waals surface area (Å²) in [6.07, 6.45) is 1.61. The number of hydrogen-bond donors (Lipinski definition) is 1. The largest absolute Gasteiger partial charge is 0.347 e. The van der Waals surface area contributed by atoms with Gasteiger partial charge in [-0.25, -0.2) is 8.42 Å². The third-order valence-corrected chi connectivity index (χ3v) is 5.85. The summed E-state index contributed by atoms with van der Waals surface area (Å²) < 4.78 is 23.1. The van der Waals surface area contributed by atoms with E-state index in [9.17, 15) is 13.2 Å². The summed E-state index contributed by atoms with van der Waals surface area (Å²) >= 11 is 6.00. The van der Waals surface area contributed by atoms with E-state index in [4.69, 9.17) is 11.6 Å². The maximum Gasteiger partial charge on any atom is 0.253 e. The Labute approximate surface area is 127 Å². The Morgan fingerprint density at radius 2 is 2.00 bits per heavy atom. The summed E-state index contributed by atoms with van der Waals surface area (Å²) in [5.41, 5.74) is 1.01. The summed E-state index contributed by atoms with van der Waals surface area (Å²) in [6, 6.07) is 8.39. The van der Waals surface area contributed by atoms with Gasteiger partial charge in [0.2, 0.25) is 0 Å². The van der Waals surface area contributed by atoms with Gasteiger partial charge in [-0.2, -0.15) is 0 Å². The molecule has 0 spiro atoms. The lowest BCUT2D eigenvalue weighted by Crippen LogP contribution is -2.40. The molecule has 7 heteroatoms. The van der Waals surface area contributed by atoms with Crippen LogP contribution >= 0.6 is 11.6 Å². The molecule has 0 saturated carbocycles. The predicted molar refractivity (Wildman–Crippen MR) is 81.3 cm³/mol. The van der Waals surface area contributed by atoms with Gasteiger partial charge in [0, 0.05) is 11.6 Å². The second kappa shape index (κ2) is 5.27. The quantitative estimate of drug-likeness (QED) is 0.846. The fourth-order valence-electron chi connectivity index (χ4n) is 2.47. The molecule has 1 N–H and O–H groups in total. The second-order valence-corrected chi connectivity index (χ2v) is 7.77. The van der Waals surface area contributed by atoms with Crippen molar-refractivity contribution in [1.29, 1.82) is 0 Å². The lowest BCUT2D eigenvalue weighted by atomic mass is 10.1. The van der Waals surface area contributed by atoms with Crippen molar-refractivity contribution in [3.05, 3.63) is 42.1 Å². The lowest BCUT2D eigenvalue weighted by Gasteiger charge is -2.15. The van der Waals surface area contributed by atoms with Crippen LogP contribution in [-0.2, 0) is 9.84 Å². The average Bonchev–Trinajstić information content (AvgIpc) is 2.70. The summed E-state index contributed by atoms with van der Waals surface area (Å²) in [6.45, 7) is 0. The lowest BCUT2D eigenvalue weighted by molar-refractivity contribution is 0.0943. The van der Waals surface area contributed by atoms with Crippen LogP contribution in [0, 0.1) is 0 Å². The SMILES string of the molecule is O=C(NC1CS(=O)(=O)CC1Cl)c1cccc2cccnc12. The van der Waals surface area contributed by atoms with Crippen LogP contribution in [0.4, 0.5) is 0 Å². The summed E-state index contributed by atoms with van der Waals surface area (Å²) in [7, 11) is -3.18. The Morgan fingerprint density at radius 3 is 2.71 bits per heavy atom. The minimum absolute atomic E-state index is 0.104. The molecule has 2 aromatic rings. The number of benzene rings is 1. The monoisotopic (exact) mass is 324 g/mol. The first-order valence-corrected chi connectivity index (χ1v) is 8.71. The number of fused-ring (bicyclic) bond motifs is 1. The van der Waals surface area contributed by atoms with E-state index in [-0.39, 0.29) is 17.4 Å². The average molecular weight is 325 g/mol. The Hall–Kier alpha value is -1.66. The van der Waals surface area contributed by atoms with Crippen molar-refractivity contribution in [1.82, 2.24) is 10.3 Å². The van der Waals surface area contributed by atoms with Gasteiger partial charge in [-0.15, -0.1) is 11.6 Å². The Morgan fingerprint density at radius 1 is 1.24 bits per heavy atom. The molecule has 1 aliphatic heterocycles. The molecular formula is C14H13ClN2O3S. The van der Waals surface area contributed by atoms with E-state index < -0.39 is 21.3 Å². The highest BCUT2D eigenvalue weighted by Crippen LogP contribution is 2.20. The Kier molecular flexibility index (Phi) is 3.59. The zero-order valence-corrected chi connectivity index (χ0v) is 12.6. The topological polar surface area (TPSA) is 76.1 Å². The van der Waals surface area contributed by atoms with Crippen LogP contribution in [0.1, 0.15) is 10.4 Å². The van der Waals surface area contributed by atoms with Gasteiger partial charge in [0.25, 0.3) is 5.91 Å². The molecule has 3 rings (SSSR count). The third-order valence-electron chi connectivity index (χ3n) is 3.48. The normalized spacial score (nSPS) is 24.0. The number of sulfone groups is 1. The fourth-order valence-corrected chi connectivity index (χ4v) is 5.02. The molecule has 2 atom stereocenters. The number of aromatic nitrogens is 1. The van der Waals surface area contributed by atoms with E-state index >= 15 is 0 Å². The minimum Gasteiger partial charge on any atom is -0.347 e. The third kappa shape index (κ3) is 2.87. The standard InChI is InChI=1S/C14H13ClN2O3S/c15-11-7-21(19,20)8-12(11)17-14(18)10-5-1-3-9-4-2-6-16-13(9)10/h1-6,11-12H,7-8H2,(H,17,18). The molecule has 0 bridgehead atoms. The van der Waals surface area contributed by atoms with E-state index in [0.717, 1.165) is 5.39 Å². The van der Waals surface area contributed by atoms with E-state index in [0.29, 0.717) is 11.1 Å². The van der Waals surface area contributed by atoms with Crippen molar-refractivity contribution >= 4 is 38.2 Å². The van der Waals surface area contributed by atoms with Gasteiger partial charge in [-0.05, 0) is 12.1 Å². The maximum absolute atomic E-state index is 12.4. The van der Waals surface area contributed by atoms with Crippen molar-refractivity contribution in [2.24, 2.45) is 0 Å². The maximum atomic E-state index is 12.4. The molecule has 1 fully saturated rings. The number of alkyl halides is 1. The minimum atomic E-state index is -3.18. The van der Waals surface area contributed by atoms with Crippen molar-refractivity contribution in [2.75, 3.05) is 11.5 Å². The van der Waals surface area contributed by atoms with Crippen molar-refractivity contribution in [3.63, 3.8) is 0 Å². The number of carbonyl (C=O) groups excluding carboxylic acids is 1. The number of hydrogen-bond acceptors (Lipinski definition) is 4. The number of para-hydroxylation sites is 1.